The van der Waals surface area contributed by atoms with Crippen molar-refractivity contribution in [3.8, 4) is 0 Å². The van der Waals surface area contributed by atoms with Crippen LogP contribution in [0.15, 0.2) is 53.0 Å². The molecule has 1 aliphatic heterocycles. The predicted octanol–water partition coefficient (Wildman–Crippen LogP) is 2.33. The Hall–Kier alpha value is -2.43. The third kappa shape index (κ3) is 5.38. The number of nitrogens with one attached hydrogen (secondary N) is 1. The summed E-state index contributed by atoms with van der Waals surface area (Å²) in [5.74, 6) is -0.765. The van der Waals surface area contributed by atoms with Crippen LogP contribution in [0, 0.1) is 0 Å². The van der Waals surface area contributed by atoms with Crippen molar-refractivity contribution in [2.45, 2.75) is 0 Å². The summed E-state index contributed by atoms with van der Waals surface area (Å²) < 4.78 is 31.5. The van der Waals surface area contributed by atoms with Crippen LogP contribution in [-0.4, -0.2) is 64.2 Å². The zero-order chi connectivity index (χ0) is 21.7. The van der Waals surface area contributed by atoms with Gasteiger partial charge in [0.05, 0.1) is 36.4 Å². The van der Waals surface area contributed by atoms with Crippen LogP contribution >= 0.6 is 15.9 Å². The quantitative estimate of drug-likeness (QED) is 0.663. The minimum absolute atomic E-state index is 0.208. The van der Waals surface area contributed by atoms with Gasteiger partial charge in [-0.3, -0.25) is 13.9 Å². The number of anilines is 2. The highest BCUT2D eigenvalue weighted by molar-refractivity contribution is 9.10. The highest BCUT2D eigenvalue weighted by Gasteiger charge is 2.25. The number of para-hydroxylation sites is 2. The molecule has 0 radical (unpaired) electrons. The van der Waals surface area contributed by atoms with E-state index in [-0.39, 0.29) is 5.91 Å². The number of benzene rings is 2. The van der Waals surface area contributed by atoms with Crippen molar-refractivity contribution in [3.05, 3.63) is 58.6 Å². The Labute approximate surface area is 184 Å². The molecule has 0 spiro atoms. The monoisotopic (exact) mass is 495 g/mol. The second kappa shape index (κ2) is 9.59. The fourth-order valence-corrected chi connectivity index (χ4v) is 4.56. The molecular formula is C20H22BrN3O5S. The van der Waals surface area contributed by atoms with E-state index in [2.05, 4.69) is 21.2 Å². The summed E-state index contributed by atoms with van der Waals surface area (Å²) in [4.78, 5) is 27.2. The molecule has 1 saturated heterocycles. The fourth-order valence-electron chi connectivity index (χ4n) is 3.07. The summed E-state index contributed by atoms with van der Waals surface area (Å²) in [6.07, 6.45) is 1.04. The first-order valence-corrected chi connectivity index (χ1v) is 11.9. The molecule has 2 aromatic carbocycles. The number of ether oxygens (including phenoxy) is 1. The van der Waals surface area contributed by atoms with Crippen LogP contribution in [0.1, 0.15) is 10.4 Å². The van der Waals surface area contributed by atoms with Gasteiger partial charge in [-0.1, -0.05) is 24.3 Å². The van der Waals surface area contributed by atoms with Crippen LogP contribution in [0.25, 0.3) is 0 Å². The Bertz CT molecular complexity index is 1040. The van der Waals surface area contributed by atoms with Crippen LogP contribution in [0.3, 0.4) is 0 Å². The molecule has 0 bridgehead atoms. The molecule has 30 heavy (non-hydrogen) atoms. The Morgan fingerprint density at radius 3 is 2.40 bits per heavy atom. The first kappa shape index (κ1) is 22.3. The van der Waals surface area contributed by atoms with Gasteiger partial charge in [0.15, 0.2) is 0 Å². The Morgan fingerprint density at radius 2 is 1.73 bits per heavy atom. The molecule has 8 nitrogen and oxygen atoms in total. The molecular weight excluding hydrogens is 474 g/mol. The summed E-state index contributed by atoms with van der Waals surface area (Å²) in [6, 6.07) is 13.4. The molecule has 0 saturated carbocycles. The number of nitrogens with zero attached hydrogens (tertiary/aromatic N) is 2. The van der Waals surface area contributed by atoms with Gasteiger partial charge in [0.25, 0.3) is 5.91 Å². The lowest BCUT2D eigenvalue weighted by molar-refractivity contribution is -0.114. The number of amides is 2. The lowest BCUT2D eigenvalue weighted by Crippen LogP contribution is -2.41. The van der Waals surface area contributed by atoms with Gasteiger partial charge in [-0.05, 0) is 40.2 Å². The van der Waals surface area contributed by atoms with E-state index in [1.807, 2.05) is 0 Å². The van der Waals surface area contributed by atoms with E-state index in [9.17, 15) is 18.0 Å². The van der Waals surface area contributed by atoms with Crippen LogP contribution in [0.5, 0.6) is 0 Å². The minimum Gasteiger partial charge on any atom is -0.378 e. The van der Waals surface area contributed by atoms with E-state index >= 15 is 0 Å². The third-order valence-electron chi connectivity index (χ3n) is 4.54. The van der Waals surface area contributed by atoms with Crippen molar-refractivity contribution < 1.29 is 22.7 Å². The van der Waals surface area contributed by atoms with Gasteiger partial charge in [-0.15, -0.1) is 0 Å². The molecule has 0 atom stereocenters. The number of carbonyl (C=O) groups is 2. The number of sulfonamides is 1. The number of rotatable bonds is 6. The van der Waals surface area contributed by atoms with Gasteiger partial charge >= 0.3 is 0 Å². The molecule has 1 heterocycles. The summed E-state index contributed by atoms with van der Waals surface area (Å²) in [5.41, 5.74) is 1.03. The van der Waals surface area contributed by atoms with Gasteiger partial charge in [0.1, 0.15) is 6.54 Å². The topological polar surface area (TPSA) is 96.0 Å². The van der Waals surface area contributed by atoms with Crippen LogP contribution in [0.4, 0.5) is 11.4 Å². The van der Waals surface area contributed by atoms with Crippen molar-refractivity contribution in [3.63, 3.8) is 0 Å². The summed E-state index contributed by atoms with van der Waals surface area (Å²) >= 11 is 3.32. The van der Waals surface area contributed by atoms with E-state index in [4.69, 9.17) is 4.74 Å². The van der Waals surface area contributed by atoms with Gasteiger partial charge < -0.3 is 15.0 Å². The first-order chi connectivity index (χ1) is 14.3. The highest BCUT2D eigenvalue weighted by atomic mass is 79.9. The van der Waals surface area contributed by atoms with Crippen molar-refractivity contribution in [2.75, 3.05) is 48.7 Å². The molecule has 3 rings (SSSR count). The lowest BCUT2D eigenvalue weighted by Gasteiger charge is -2.28. The molecule has 2 amide bonds. The number of halogens is 1. The molecule has 0 unspecified atom stereocenters. The average Bonchev–Trinajstić information content (AvgIpc) is 2.72. The normalized spacial score (nSPS) is 14.3. The highest BCUT2D eigenvalue weighted by Crippen LogP contribution is 2.27. The zero-order valence-corrected chi connectivity index (χ0v) is 18.8. The second-order valence-corrected chi connectivity index (χ2v) is 9.48. The Kier molecular flexibility index (Phi) is 7.11. The van der Waals surface area contributed by atoms with E-state index in [1.54, 1.807) is 53.4 Å². The second-order valence-electron chi connectivity index (χ2n) is 6.72. The number of hydrogen-bond donors (Lipinski definition) is 1. The van der Waals surface area contributed by atoms with Crippen molar-refractivity contribution in [2.24, 2.45) is 0 Å². The molecule has 2 aromatic rings. The number of morpholine rings is 1. The predicted molar refractivity (Wildman–Crippen MR) is 118 cm³/mol. The summed E-state index contributed by atoms with van der Waals surface area (Å²) in [6.45, 7) is 1.46. The van der Waals surface area contributed by atoms with Crippen LogP contribution in [-0.2, 0) is 19.6 Å². The Balaban J connectivity index is 1.80. The molecule has 0 aliphatic carbocycles. The van der Waals surface area contributed by atoms with Gasteiger partial charge in [-0.2, -0.15) is 0 Å². The zero-order valence-electron chi connectivity index (χ0n) is 16.4. The molecule has 1 aliphatic rings. The number of carbonyl (C=O) groups excluding carboxylic acids is 2. The van der Waals surface area contributed by atoms with Crippen LogP contribution in [0.2, 0.25) is 0 Å². The Morgan fingerprint density at radius 1 is 1.10 bits per heavy atom. The molecule has 0 aromatic heterocycles. The molecule has 1 N–H and O–H groups in total. The van der Waals surface area contributed by atoms with E-state index in [0.717, 1.165) is 10.6 Å². The third-order valence-corrected chi connectivity index (χ3v) is 6.34. The lowest BCUT2D eigenvalue weighted by atomic mass is 10.1. The number of hydrogen-bond acceptors (Lipinski definition) is 5. The van der Waals surface area contributed by atoms with Crippen molar-refractivity contribution in [1.82, 2.24) is 4.90 Å². The van der Waals surface area contributed by atoms with Crippen LogP contribution < -0.4 is 9.62 Å². The summed E-state index contributed by atoms with van der Waals surface area (Å²) in [7, 11) is -3.72. The minimum atomic E-state index is -3.72. The van der Waals surface area contributed by atoms with Crippen molar-refractivity contribution in [1.29, 1.82) is 0 Å². The van der Waals surface area contributed by atoms with Gasteiger partial charge in [0.2, 0.25) is 15.9 Å². The van der Waals surface area contributed by atoms with Crippen molar-refractivity contribution >= 4 is 49.1 Å². The van der Waals surface area contributed by atoms with E-state index in [1.165, 1.54) is 0 Å². The molecule has 10 heteroatoms. The van der Waals surface area contributed by atoms with E-state index in [0.29, 0.717) is 47.7 Å². The first-order valence-electron chi connectivity index (χ1n) is 9.25. The maximum absolute atomic E-state index is 12.9. The maximum Gasteiger partial charge on any atom is 0.256 e. The van der Waals surface area contributed by atoms with Gasteiger partial charge in [0, 0.05) is 17.6 Å². The fraction of sp³-hybridized carbons (Fsp3) is 0.300. The maximum atomic E-state index is 12.9. The molecule has 160 valence electrons. The SMILES string of the molecule is CS(=O)(=O)N(CC(=O)Nc1ccccc1C(=O)N1CCOCC1)c1ccccc1Br. The standard InChI is InChI=1S/C20H22BrN3O5S/c1-30(27,28)24(18-9-5-3-7-16(18)21)14-19(25)22-17-8-4-2-6-15(17)20(26)23-10-12-29-13-11-23/h2-9H,10-14H2,1H3,(H,22,25). The largest absolute Gasteiger partial charge is 0.378 e. The van der Waals surface area contributed by atoms with E-state index < -0.39 is 22.5 Å². The smallest absolute Gasteiger partial charge is 0.256 e. The molecule has 1 fully saturated rings. The summed E-state index contributed by atoms with van der Waals surface area (Å²) in [5, 5.41) is 2.68. The average molecular weight is 496 g/mol. The van der Waals surface area contributed by atoms with Gasteiger partial charge in [-0.25, -0.2) is 8.42 Å².